The van der Waals surface area contributed by atoms with Gasteiger partial charge in [0.2, 0.25) is 0 Å². The van der Waals surface area contributed by atoms with Gasteiger partial charge >= 0.3 is 11.9 Å². The fourth-order valence-electron chi connectivity index (χ4n) is 2.81. The molecule has 0 spiro atoms. The Morgan fingerprint density at radius 1 is 0.821 bits per heavy atom. The van der Waals surface area contributed by atoms with Crippen molar-refractivity contribution in [3.05, 3.63) is 89.0 Å². The van der Waals surface area contributed by atoms with E-state index in [-0.39, 0.29) is 0 Å². The minimum Gasteiger partial charge on any atom is -0.465 e. The highest BCUT2D eigenvalue weighted by molar-refractivity contribution is 5.98. The lowest BCUT2D eigenvalue weighted by Gasteiger charge is -2.14. The SMILES string of the molecule is COC(=O)c1ccc(OC(=O)c2ccccc2Nc2ccc(C)cc2C)cc1. The lowest BCUT2D eigenvalue weighted by molar-refractivity contribution is 0.0600. The van der Waals surface area contributed by atoms with E-state index in [0.717, 1.165) is 11.3 Å². The minimum atomic E-state index is -0.487. The van der Waals surface area contributed by atoms with Gasteiger partial charge in [0.1, 0.15) is 5.75 Å². The number of benzene rings is 3. The summed E-state index contributed by atoms with van der Waals surface area (Å²) >= 11 is 0. The van der Waals surface area contributed by atoms with Crippen molar-refractivity contribution in [2.24, 2.45) is 0 Å². The van der Waals surface area contributed by atoms with Gasteiger partial charge in [0.25, 0.3) is 0 Å². The zero-order valence-corrected chi connectivity index (χ0v) is 16.0. The fourth-order valence-corrected chi connectivity index (χ4v) is 2.81. The number of methoxy groups -OCH3 is 1. The first kappa shape index (κ1) is 19.2. The molecule has 142 valence electrons. The molecule has 0 atom stereocenters. The number of para-hydroxylation sites is 1. The molecule has 0 radical (unpaired) electrons. The standard InChI is InChI=1S/C23H21NO4/c1-15-8-13-20(16(2)14-15)24-21-7-5-4-6-19(21)23(26)28-18-11-9-17(10-12-18)22(25)27-3/h4-14,24H,1-3H3. The van der Waals surface area contributed by atoms with Crippen molar-refractivity contribution in [2.75, 3.05) is 12.4 Å². The van der Waals surface area contributed by atoms with E-state index in [1.54, 1.807) is 36.4 Å². The summed E-state index contributed by atoms with van der Waals surface area (Å²) in [6.45, 7) is 4.05. The molecule has 0 saturated heterocycles. The smallest absolute Gasteiger partial charge is 0.345 e. The zero-order valence-electron chi connectivity index (χ0n) is 16.0. The van der Waals surface area contributed by atoms with E-state index in [4.69, 9.17) is 4.74 Å². The normalized spacial score (nSPS) is 10.2. The van der Waals surface area contributed by atoms with Crippen LogP contribution in [-0.2, 0) is 4.74 Å². The molecule has 0 fully saturated rings. The van der Waals surface area contributed by atoms with Crippen LogP contribution in [0.5, 0.6) is 5.75 Å². The quantitative estimate of drug-likeness (QED) is 0.499. The Hall–Kier alpha value is -3.60. The maximum atomic E-state index is 12.7. The van der Waals surface area contributed by atoms with E-state index >= 15 is 0 Å². The summed E-state index contributed by atoms with van der Waals surface area (Å²) in [6, 6.07) is 19.5. The summed E-state index contributed by atoms with van der Waals surface area (Å²) in [5.41, 5.74) is 4.64. The third kappa shape index (κ3) is 4.38. The van der Waals surface area contributed by atoms with E-state index in [1.165, 1.54) is 12.7 Å². The third-order valence-corrected chi connectivity index (χ3v) is 4.28. The van der Waals surface area contributed by atoms with Crippen molar-refractivity contribution < 1.29 is 19.1 Å². The van der Waals surface area contributed by atoms with Gasteiger partial charge in [-0.25, -0.2) is 9.59 Å². The number of aryl methyl sites for hydroxylation is 2. The van der Waals surface area contributed by atoms with Crippen LogP contribution >= 0.6 is 0 Å². The number of ether oxygens (including phenoxy) is 2. The number of anilines is 2. The predicted octanol–water partition coefficient (Wildman–Crippen LogP) is 5.05. The molecule has 0 aliphatic heterocycles. The zero-order chi connectivity index (χ0) is 20.1. The van der Waals surface area contributed by atoms with Crippen LogP contribution in [-0.4, -0.2) is 19.0 Å². The van der Waals surface area contributed by atoms with E-state index in [9.17, 15) is 9.59 Å². The van der Waals surface area contributed by atoms with Gasteiger partial charge in [-0.1, -0.05) is 29.8 Å². The summed E-state index contributed by atoms with van der Waals surface area (Å²) < 4.78 is 10.1. The first-order chi connectivity index (χ1) is 13.5. The minimum absolute atomic E-state index is 0.346. The molecule has 0 unspecified atom stereocenters. The average molecular weight is 375 g/mol. The third-order valence-electron chi connectivity index (χ3n) is 4.28. The number of nitrogens with one attached hydrogen (secondary N) is 1. The Bertz CT molecular complexity index is 1010. The molecule has 5 nitrogen and oxygen atoms in total. The second-order valence-electron chi connectivity index (χ2n) is 6.39. The van der Waals surface area contributed by atoms with Gasteiger partial charge in [0, 0.05) is 5.69 Å². The number of carbonyl (C=O) groups excluding carboxylic acids is 2. The first-order valence-corrected chi connectivity index (χ1v) is 8.82. The van der Waals surface area contributed by atoms with Crippen LogP contribution in [0.25, 0.3) is 0 Å². The van der Waals surface area contributed by atoms with Crippen LogP contribution in [0.1, 0.15) is 31.8 Å². The Morgan fingerprint density at radius 2 is 1.54 bits per heavy atom. The summed E-state index contributed by atoms with van der Waals surface area (Å²) in [4.78, 5) is 24.2. The summed E-state index contributed by atoms with van der Waals surface area (Å²) in [5.74, 6) is -0.585. The van der Waals surface area contributed by atoms with Crippen LogP contribution in [0.2, 0.25) is 0 Å². The summed E-state index contributed by atoms with van der Waals surface area (Å²) in [6.07, 6.45) is 0. The van der Waals surface area contributed by atoms with Crippen molar-refractivity contribution in [3.63, 3.8) is 0 Å². The Labute approximate surface area is 163 Å². The van der Waals surface area contributed by atoms with Crippen LogP contribution in [0, 0.1) is 13.8 Å². The highest BCUT2D eigenvalue weighted by Crippen LogP contribution is 2.25. The Morgan fingerprint density at radius 3 is 2.21 bits per heavy atom. The topological polar surface area (TPSA) is 64.6 Å². The molecule has 0 aliphatic rings. The van der Waals surface area contributed by atoms with Crippen LogP contribution in [0.3, 0.4) is 0 Å². The lowest BCUT2D eigenvalue weighted by Crippen LogP contribution is -2.11. The van der Waals surface area contributed by atoms with Crippen molar-refractivity contribution in [1.29, 1.82) is 0 Å². The Balaban J connectivity index is 1.80. The number of carbonyl (C=O) groups is 2. The number of hydrogen-bond donors (Lipinski definition) is 1. The molecule has 0 bridgehead atoms. The maximum Gasteiger partial charge on any atom is 0.345 e. The largest absolute Gasteiger partial charge is 0.465 e. The number of hydrogen-bond acceptors (Lipinski definition) is 5. The van der Waals surface area contributed by atoms with E-state index in [2.05, 4.69) is 16.1 Å². The molecule has 3 aromatic rings. The maximum absolute atomic E-state index is 12.7. The van der Waals surface area contributed by atoms with E-state index < -0.39 is 11.9 Å². The second kappa shape index (κ2) is 8.39. The molecular formula is C23H21NO4. The molecule has 0 saturated carbocycles. The van der Waals surface area contributed by atoms with Crippen molar-refractivity contribution in [2.45, 2.75) is 13.8 Å². The molecule has 0 aliphatic carbocycles. The lowest BCUT2D eigenvalue weighted by atomic mass is 10.1. The highest BCUT2D eigenvalue weighted by Gasteiger charge is 2.15. The van der Waals surface area contributed by atoms with Gasteiger partial charge in [-0.2, -0.15) is 0 Å². The van der Waals surface area contributed by atoms with Crippen LogP contribution in [0.4, 0.5) is 11.4 Å². The monoisotopic (exact) mass is 375 g/mol. The van der Waals surface area contributed by atoms with Gasteiger partial charge < -0.3 is 14.8 Å². The first-order valence-electron chi connectivity index (χ1n) is 8.82. The summed E-state index contributed by atoms with van der Waals surface area (Å²) in [7, 11) is 1.32. The van der Waals surface area contributed by atoms with Crippen molar-refractivity contribution >= 4 is 23.3 Å². The molecule has 5 heteroatoms. The van der Waals surface area contributed by atoms with Gasteiger partial charge in [0.15, 0.2) is 0 Å². The molecular weight excluding hydrogens is 354 g/mol. The fraction of sp³-hybridized carbons (Fsp3) is 0.130. The molecule has 0 amide bonds. The second-order valence-corrected chi connectivity index (χ2v) is 6.39. The average Bonchev–Trinajstić information content (AvgIpc) is 2.70. The van der Waals surface area contributed by atoms with Crippen LogP contribution in [0.15, 0.2) is 66.7 Å². The van der Waals surface area contributed by atoms with Crippen molar-refractivity contribution in [3.8, 4) is 5.75 Å². The highest BCUT2D eigenvalue weighted by atomic mass is 16.5. The van der Waals surface area contributed by atoms with E-state index in [1.807, 2.05) is 38.1 Å². The van der Waals surface area contributed by atoms with Gasteiger partial charge in [-0.15, -0.1) is 0 Å². The number of rotatable bonds is 5. The van der Waals surface area contributed by atoms with E-state index in [0.29, 0.717) is 22.6 Å². The summed E-state index contributed by atoms with van der Waals surface area (Å²) in [5, 5.41) is 3.30. The van der Waals surface area contributed by atoms with Gasteiger partial charge in [-0.05, 0) is 61.9 Å². The molecule has 3 aromatic carbocycles. The molecule has 1 N–H and O–H groups in total. The molecule has 3 rings (SSSR count). The van der Waals surface area contributed by atoms with Crippen LogP contribution < -0.4 is 10.1 Å². The predicted molar refractivity (Wildman–Crippen MR) is 108 cm³/mol. The molecule has 28 heavy (non-hydrogen) atoms. The number of esters is 2. The van der Waals surface area contributed by atoms with Crippen molar-refractivity contribution in [1.82, 2.24) is 0 Å². The van der Waals surface area contributed by atoms with Gasteiger partial charge in [0.05, 0.1) is 23.9 Å². The Kier molecular flexibility index (Phi) is 5.75. The molecule has 0 heterocycles. The van der Waals surface area contributed by atoms with Gasteiger partial charge in [-0.3, -0.25) is 0 Å². The molecule has 0 aromatic heterocycles.